The zero-order valence-corrected chi connectivity index (χ0v) is 18.4. The largest absolute Gasteiger partial charge is 0.491 e. The van der Waals surface area contributed by atoms with Crippen LogP contribution in [0.25, 0.3) is 0 Å². The highest BCUT2D eigenvalue weighted by Crippen LogP contribution is 2.32. The highest BCUT2D eigenvalue weighted by molar-refractivity contribution is 5.91. The highest BCUT2D eigenvalue weighted by atomic mass is 16.5. The molecule has 1 fully saturated rings. The molecule has 0 unspecified atom stereocenters. The molecule has 0 spiro atoms. The van der Waals surface area contributed by atoms with E-state index >= 15 is 0 Å². The molecule has 1 aliphatic heterocycles. The smallest absolute Gasteiger partial charge is 0.358 e. The monoisotopic (exact) mass is 414 g/mol. The van der Waals surface area contributed by atoms with E-state index in [4.69, 9.17) is 9.47 Å². The van der Waals surface area contributed by atoms with Crippen LogP contribution in [0, 0.1) is 13.8 Å². The molecule has 0 bridgehead atoms. The van der Waals surface area contributed by atoms with Crippen LogP contribution in [0.15, 0.2) is 30.3 Å². The first-order valence-corrected chi connectivity index (χ1v) is 10.9. The number of carbonyl (C=O) groups is 1. The molecule has 30 heavy (non-hydrogen) atoms. The van der Waals surface area contributed by atoms with E-state index in [1.165, 1.54) is 0 Å². The van der Waals surface area contributed by atoms with E-state index in [2.05, 4.69) is 9.88 Å². The van der Waals surface area contributed by atoms with Crippen molar-refractivity contribution in [2.45, 2.75) is 52.1 Å². The summed E-state index contributed by atoms with van der Waals surface area (Å²) >= 11 is 0. The van der Waals surface area contributed by atoms with Crippen LogP contribution in [-0.2, 0) is 10.3 Å². The number of rotatable bonds is 9. The second-order valence-electron chi connectivity index (χ2n) is 8.09. The predicted octanol–water partition coefficient (Wildman–Crippen LogP) is 3.95. The highest BCUT2D eigenvalue weighted by Gasteiger charge is 2.33. The summed E-state index contributed by atoms with van der Waals surface area (Å²) in [6.45, 7) is 9.36. The molecular weight excluding hydrogens is 380 g/mol. The van der Waals surface area contributed by atoms with E-state index in [0.29, 0.717) is 24.7 Å². The molecule has 2 aromatic rings. The fraction of sp³-hybridized carbons (Fsp3) is 0.542. The third kappa shape index (κ3) is 5.24. The molecule has 2 heterocycles. The quantitative estimate of drug-likeness (QED) is 0.480. The van der Waals surface area contributed by atoms with Crippen molar-refractivity contribution >= 4 is 5.97 Å². The van der Waals surface area contributed by atoms with Gasteiger partial charge in [-0.25, -0.2) is 4.79 Å². The fourth-order valence-corrected chi connectivity index (χ4v) is 4.02. The number of benzene rings is 1. The molecule has 1 aliphatic rings. The Morgan fingerprint density at radius 2 is 1.87 bits per heavy atom. The molecule has 0 atom stereocenters. The second-order valence-corrected chi connectivity index (χ2v) is 8.09. The van der Waals surface area contributed by atoms with Crippen LogP contribution < -0.4 is 4.74 Å². The molecule has 2 N–H and O–H groups in total. The molecule has 0 saturated carbocycles. The minimum atomic E-state index is -0.700. The molecule has 1 aromatic carbocycles. The molecule has 164 valence electrons. The summed E-state index contributed by atoms with van der Waals surface area (Å²) in [4.78, 5) is 17.6. The van der Waals surface area contributed by atoms with Gasteiger partial charge in [-0.2, -0.15) is 0 Å². The zero-order chi connectivity index (χ0) is 21.6. The minimum absolute atomic E-state index is 0.338. The Morgan fingerprint density at radius 1 is 1.17 bits per heavy atom. The van der Waals surface area contributed by atoms with Crippen molar-refractivity contribution in [1.82, 2.24) is 9.88 Å². The number of nitrogens with one attached hydrogen (secondary N) is 1. The van der Waals surface area contributed by atoms with E-state index in [9.17, 15) is 9.90 Å². The van der Waals surface area contributed by atoms with Gasteiger partial charge in [-0.1, -0.05) is 30.3 Å². The van der Waals surface area contributed by atoms with Crippen molar-refractivity contribution < 1.29 is 19.4 Å². The Hall–Kier alpha value is -2.31. The maximum Gasteiger partial charge on any atom is 0.358 e. The molecule has 1 aromatic heterocycles. The maximum atomic E-state index is 12.1. The van der Waals surface area contributed by atoms with Gasteiger partial charge in [0.05, 0.1) is 18.8 Å². The van der Waals surface area contributed by atoms with Crippen LogP contribution in [0.5, 0.6) is 5.75 Å². The first kappa shape index (κ1) is 22.4. The summed E-state index contributed by atoms with van der Waals surface area (Å²) in [5.74, 6) is 0.236. The summed E-state index contributed by atoms with van der Waals surface area (Å²) in [5.41, 5.74) is 2.60. The number of hydrogen-bond acceptors (Lipinski definition) is 5. The third-order valence-corrected chi connectivity index (χ3v) is 6.03. The summed E-state index contributed by atoms with van der Waals surface area (Å²) in [5, 5.41) is 10.9. The van der Waals surface area contributed by atoms with Gasteiger partial charge in [0.25, 0.3) is 0 Å². The molecule has 1 saturated heterocycles. The van der Waals surface area contributed by atoms with E-state index < -0.39 is 5.60 Å². The van der Waals surface area contributed by atoms with Crippen LogP contribution in [0.2, 0.25) is 0 Å². The van der Waals surface area contributed by atoms with Gasteiger partial charge in [0, 0.05) is 24.3 Å². The number of likely N-dealkylation sites (tertiary alicyclic amines) is 1. The van der Waals surface area contributed by atoms with Crippen molar-refractivity contribution in [3.05, 3.63) is 52.8 Å². The number of aryl methyl sites for hydroxylation is 1. The Labute approximate surface area is 179 Å². The Balaban J connectivity index is 1.41. The number of ether oxygens (including phenoxy) is 2. The normalized spacial score (nSPS) is 16.4. The van der Waals surface area contributed by atoms with E-state index in [0.717, 1.165) is 62.1 Å². The predicted molar refractivity (Wildman–Crippen MR) is 117 cm³/mol. The number of hydrogen-bond donors (Lipinski definition) is 2. The number of H-pyrrole nitrogens is 1. The van der Waals surface area contributed by atoms with Gasteiger partial charge in [-0.3, -0.25) is 0 Å². The standard InChI is InChI=1S/C24H34N2O4/c1-4-29-23(27)21-22(18(2)19(3)25-21)30-17-9-8-14-26-15-12-24(28,13-16-26)20-10-6-5-7-11-20/h5-7,10-11,25,28H,4,8-9,12-17H2,1-3H3. The Bertz CT molecular complexity index is 823. The van der Waals surface area contributed by atoms with Crippen molar-refractivity contribution in [2.24, 2.45) is 0 Å². The van der Waals surface area contributed by atoms with E-state index in [-0.39, 0.29) is 5.97 Å². The van der Waals surface area contributed by atoms with Gasteiger partial charge in [0.2, 0.25) is 0 Å². The van der Waals surface area contributed by atoms with Gasteiger partial charge in [0.1, 0.15) is 0 Å². The first-order chi connectivity index (χ1) is 14.4. The van der Waals surface area contributed by atoms with Gasteiger partial charge < -0.3 is 24.5 Å². The molecule has 3 rings (SSSR count). The molecule has 6 heteroatoms. The Morgan fingerprint density at radius 3 is 2.53 bits per heavy atom. The number of aromatic nitrogens is 1. The summed E-state index contributed by atoms with van der Waals surface area (Å²) in [6, 6.07) is 9.99. The topological polar surface area (TPSA) is 74.8 Å². The second kappa shape index (κ2) is 10.1. The minimum Gasteiger partial charge on any atom is -0.491 e. The van der Waals surface area contributed by atoms with Crippen molar-refractivity contribution in [3.8, 4) is 5.75 Å². The molecular formula is C24H34N2O4. The maximum absolute atomic E-state index is 12.1. The summed E-state index contributed by atoms with van der Waals surface area (Å²) in [6.07, 6.45) is 3.45. The van der Waals surface area contributed by atoms with E-state index in [1.54, 1.807) is 6.92 Å². The fourth-order valence-electron chi connectivity index (χ4n) is 4.02. The van der Waals surface area contributed by atoms with Crippen LogP contribution in [0.4, 0.5) is 0 Å². The van der Waals surface area contributed by atoms with Crippen molar-refractivity contribution in [1.29, 1.82) is 0 Å². The number of piperidine rings is 1. The van der Waals surface area contributed by atoms with Gasteiger partial charge in [-0.05, 0) is 58.6 Å². The van der Waals surface area contributed by atoms with Crippen molar-refractivity contribution in [2.75, 3.05) is 32.8 Å². The number of esters is 1. The van der Waals surface area contributed by atoms with Crippen molar-refractivity contribution in [3.63, 3.8) is 0 Å². The lowest BCUT2D eigenvalue weighted by molar-refractivity contribution is -0.0262. The first-order valence-electron chi connectivity index (χ1n) is 10.9. The summed E-state index contributed by atoms with van der Waals surface area (Å²) < 4.78 is 11.1. The average Bonchev–Trinajstić information content (AvgIpc) is 3.04. The molecule has 0 aliphatic carbocycles. The molecule has 0 radical (unpaired) electrons. The van der Waals surface area contributed by atoms with Crippen LogP contribution >= 0.6 is 0 Å². The van der Waals surface area contributed by atoms with Gasteiger partial charge in [0.15, 0.2) is 11.4 Å². The van der Waals surface area contributed by atoms with E-state index in [1.807, 2.05) is 44.2 Å². The lowest BCUT2D eigenvalue weighted by Gasteiger charge is -2.38. The number of carbonyl (C=O) groups excluding carboxylic acids is 1. The molecule has 0 amide bonds. The van der Waals surface area contributed by atoms with Gasteiger partial charge in [-0.15, -0.1) is 0 Å². The third-order valence-electron chi connectivity index (χ3n) is 6.03. The molecule has 6 nitrogen and oxygen atoms in total. The number of aliphatic hydroxyl groups is 1. The number of unbranched alkanes of at least 4 members (excludes halogenated alkanes) is 1. The number of nitrogens with zero attached hydrogens (tertiary/aromatic N) is 1. The van der Waals surface area contributed by atoms with Crippen LogP contribution in [0.1, 0.15) is 59.9 Å². The Kier molecular flexibility index (Phi) is 7.56. The lowest BCUT2D eigenvalue weighted by atomic mass is 9.84. The van der Waals surface area contributed by atoms with Crippen LogP contribution in [0.3, 0.4) is 0 Å². The lowest BCUT2D eigenvalue weighted by Crippen LogP contribution is -2.42. The zero-order valence-electron chi connectivity index (χ0n) is 18.4. The average molecular weight is 415 g/mol. The SMILES string of the molecule is CCOC(=O)c1[nH]c(C)c(C)c1OCCCCN1CCC(O)(c2ccccc2)CC1. The van der Waals surface area contributed by atoms with Gasteiger partial charge >= 0.3 is 5.97 Å². The summed E-state index contributed by atoms with van der Waals surface area (Å²) in [7, 11) is 0. The van der Waals surface area contributed by atoms with Crippen LogP contribution in [-0.4, -0.2) is 53.8 Å². The number of aromatic amines is 1.